The Balaban J connectivity index is 2.03. The average molecular weight is 239 g/mol. The molecule has 90 valence electrons. The Morgan fingerprint density at radius 1 is 1.25 bits per heavy atom. The maximum absolute atomic E-state index is 9.28. The lowest BCUT2D eigenvalue weighted by Gasteiger charge is -2.05. The highest BCUT2D eigenvalue weighted by molar-refractivity contribution is 7.98. The van der Waals surface area contributed by atoms with E-state index in [9.17, 15) is 5.11 Å². The Labute approximate surface area is 102 Å². The van der Waals surface area contributed by atoms with E-state index in [0.29, 0.717) is 5.75 Å². The molecule has 1 rings (SSSR count). The first-order chi connectivity index (χ1) is 7.83. The van der Waals surface area contributed by atoms with E-state index >= 15 is 0 Å². The predicted molar refractivity (Wildman–Crippen MR) is 72.0 cm³/mol. The second kappa shape index (κ2) is 8.48. The SMILES string of the molecule is CSCCCCCNCc1cccc(O)c1. The molecule has 0 radical (unpaired) electrons. The lowest BCUT2D eigenvalue weighted by atomic mass is 10.2. The van der Waals surface area contributed by atoms with Crippen LogP contribution in [0.1, 0.15) is 24.8 Å². The van der Waals surface area contributed by atoms with E-state index in [1.54, 1.807) is 12.1 Å². The largest absolute Gasteiger partial charge is 0.508 e. The molecule has 2 N–H and O–H groups in total. The molecule has 16 heavy (non-hydrogen) atoms. The van der Waals surface area contributed by atoms with E-state index in [-0.39, 0.29) is 0 Å². The molecule has 0 aromatic heterocycles. The van der Waals surface area contributed by atoms with E-state index in [2.05, 4.69) is 11.6 Å². The van der Waals surface area contributed by atoms with E-state index < -0.39 is 0 Å². The molecular weight excluding hydrogens is 218 g/mol. The van der Waals surface area contributed by atoms with Crippen molar-refractivity contribution in [2.45, 2.75) is 25.8 Å². The normalized spacial score (nSPS) is 10.6. The third-order valence-electron chi connectivity index (χ3n) is 2.44. The Morgan fingerprint density at radius 3 is 2.88 bits per heavy atom. The number of aromatic hydroxyl groups is 1. The van der Waals surface area contributed by atoms with Crippen LogP contribution in [0.3, 0.4) is 0 Å². The van der Waals surface area contributed by atoms with Crippen LogP contribution in [-0.2, 0) is 6.54 Å². The lowest BCUT2D eigenvalue weighted by Crippen LogP contribution is -2.14. The number of hydrogen-bond acceptors (Lipinski definition) is 3. The average Bonchev–Trinajstić information content (AvgIpc) is 2.28. The third kappa shape index (κ3) is 6.03. The topological polar surface area (TPSA) is 32.3 Å². The molecule has 0 saturated carbocycles. The molecule has 0 atom stereocenters. The number of phenols is 1. The standard InChI is InChI=1S/C13H21NOS/c1-16-9-4-2-3-8-14-11-12-6-5-7-13(15)10-12/h5-7,10,14-15H,2-4,8-9,11H2,1H3. The Hall–Kier alpha value is -0.670. The van der Waals surface area contributed by atoms with Crippen molar-refractivity contribution in [3.8, 4) is 5.75 Å². The van der Waals surface area contributed by atoms with Gasteiger partial charge in [-0.25, -0.2) is 0 Å². The zero-order valence-corrected chi connectivity index (χ0v) is 10.7. The summed E-state index contributed by atoms with van der Waals surface area (Å²) in [5.74, 6) is 1.62. The number of thioether (sulfide) groups is 1. The van der Waals surface area contributed by atoms with Gasteiger partial charge in [-0.1, -0.05) is 18.6 Å². The summed E-state index contributed by atoms with van der Waals surface area (Å²) in [4.78, 5) is 0. The molecule has 2 nitrogen and oxygen atoms in total. The van der Waals surface area contributed by atoms with Gasteiger partial charge in [-0.3, -0.25) is 0 Å². The van der Waals surface area contributed by atoms with Crippen molar-refractivity contribution in [3.63, 3.8) is 0 Å². The number of hydrogen-bond donors (Lipinski definition) is 2. The second-order valence-corrected chi connectivity index (χ2v) is 4.89. The molecule has 0 bridgehead atoms. The number of unbranched alkanes of at least 4 members (excludes halogenated alkanes) is 2. The smallest absolute Gasteiger partial charge is 0.115 e. The fraction of sp³-hybridized carbons (Fsp3) is 0.538. The van der Waals surface area contributed by atoms with Gasteiger partial charge in [0, 0.05) is 6.54 Å². The minimum absolute atomic E-state index is 0.347. The Bertz CT molecular complexity index is 291. The van der Waals surface area contributed by atoms with Gasteiger partial charge in [0.1, 0.15) is 5.75 Å². The summed E-state index contributed by atoms with van der Waals surface area (Å²) in [6, 6.07) is 7.41. The molecule has 1 aromatic rings. The molecule has 0 saturated heterocycles. The fourth-order valence-corrected chi connectivity index (χ4v) is 2.07. The van der Waals surface area contributed by atoms with Gasteiger partial charge in [0.2, 0.25) is 0 Å². The summed E-state index contributed by atoms with van der Waals surface area (Å²) in [7, 11) is 0. The van der Waals surface area contributed by atoms with Crippen molar-refractivity contribution in [3.05, 3.63) is 29.8 Å². The summed E-state index contributed by atoms with van der Waals surface area (Å²) in [5.41, 5.74) is 1.14. The highest BCUT2D eigenvalue weighted by Crippen LogP contribution is 2.10. The molecule has 0 unspecified atom stereocenters. The van der Waals surface area contributed by atoms with E-state index in [4.69, 9.17) is 0 Å². The Kier molecular flexibility index (Phi) is 7.10. The molecule has 1 aromatic carbocycles. The van der Waals surface area contributed by atoms with Crippen LogP contribution in [0.2, 0.25) is 0 Å². The van der Waals surface area contributed by atoms with Gasteiger partial charge in [-0.05, 0) is 49.1 Å². The van der Waals surface area contributed by atoms with Crippen molar-refractivity contribution in [2.24, 2.45) is 0 Å². The van der Waals surface area contributed by atoms with Crippen LogP contribution in [-0.4, -0.2) is 23.7 Å². The Morgan fingerprint density at radius 2 is 2.12 bits per heavy atom. The molecule has 0 fully saturated rings. The lowest BCUT2D eigenvalue weighted by molar-refractivity contribution is 0.474. The highest BCUT2D eigenvalue weighted by atomic mass is 32.2. The maximum atomic E-state index is 9.28. The molecule has 0 aliphatic carbocycles. The zero-order chi connectivity index (χ0) is 11.6. The van der Waals surface area contributed by atoms with E-state index in [1.165, 1.54) is 25.0 Å². The van der Waals surface area contributed by atoms with Crippen LogP contribution in [0, 0.1) is 0 Å². The van der Waals surface area contributed by atoms with Crippen molar-refractivity contribution in [1.29, 1.82) is 0 Å². The summed E-state index contributed by atoms with van der Waals surface area (Å²) in [6.07, 6.45) is 6.00. The third-order valence-corrected chi connectivity index (χ3v) is 3.14. The van der Waals surface area contributed by atoms with Crippen molar-refractivity contribution >= 4 is 11.8 Å². The quantitative estimate of drug-likeness (QED) is 0.684. The zero-order valence-electron chi connectivity index (χ0n) is 9.91. The first-order valence-electron chi connectivity index (χ1n) is 5.80. The number of rotatable bonds is 8. The van der Waals surface area contributed by atoms with Crippen molar-refractivity contribution in [1.82, 2.24) is 5.32 Å². The van der Waals surface area contributed by atoms with E-state index in [1.807, 2.05) is 23.9 Å². The van der Waals surface area contributed by atoms with Crippen LogP contribution in [0.4, 0.5) is 0 Å². The van der Waals surface area contributed by atoms with Gasteiger partial charge in [-0.2, -0.15) is 11.8 Å². The van der Waals surface area contributed by atoms with Gasteiger partial charge in [0.15, 0.2) is 0 Å². The number of benzene rings is 1. The molecule has 0 amide bonds. The first-order valence-corrected chi connectivity index (χ1v) is 7.20. The molecule has 3 heteroatoms. The summed E-state index contributed by atoms with van der Waals surface area (Å²) < 4.78 is 0. The van der Waals surface area contributed by atoms with Gasteiger partial charge >= 0.3 is 0 Å². The van der Waals surface area contributed by atoms with Crippen LogP contribution < -0.4 is 5.32 Å². The van der Waals surface area contributed by atoms with Gasteiger partial charge in [0.05, 0.1) is 0 Å². The van der Waals surface area contributed by atoms with E-state index in [0.717, 1.165) is 18.7 Å². The molecule has 0 spiro atoms. The monoisotopic (exact) mass is 239 g/mol. The molecule has 0 aliphatic rings. The second-order valence-electron chi connectivity index (χ2n) is 3.90. The van der Waals surface area contributed by atoms with Crippen LogP contribution in [0.5, 0.6) is 5.75 Å². The number of nitrogens with one attached hydrogen (secondary N) is 1. The summed E-state index contributed by atoms with van der Waals surface area (Å²) >= 11 is 1.92. The van der Waals surface area contributed by atoms with Gasteiger partial charge in [-0.15, -0.1) is 0 Å². The maximum Gasteiger partial charge on any atom is 0.115 e. The highest BCUT2D eigenvalue weighted by Gasteiger charge is 1.94. The van der Waals surface area contributed by atoms with Gasteiger partial charge < -0.3 is 10.4 Å². The van der Waals surface area contributed by atoms with Crippen LogP contribution in [0.25, 0.3) is 0 Å². The fourth-order valence-electron chi connectivity index (χ4n) is 1.57. The summed E-state index contributed by atoms with van der Waals surface area (Å²) in [5, 5.41) is 12.7. The van der Waals surface area contributed by atoms with Gasteiger partial charge in [0.25, 0.3) is 0 Å². The molecule has 0 heterocycles. The minimum atomic E-state index is 0.347. The molecular formula is C13H21NOS. The van der Waals surface area contributed by atoms with Crippen LogP contribution in [0.15, 0.2) is 24.3 Å². The predicted octanol–water partition coefficient (Wildman–Crippen LogP) is 3.02. The van der Waals surface area contributed by atoms with Crippen LogP contribution >= 0.6 is 11.8 Å². The minimum Gasteiger partial charge on any atom is -0.508 e. The molecule has 0 aliphatic heterocycles. The number of phenolic OH excluding ortho intramolecular Hbond substituents is 1. The first kappa shape index (κ1) is 13.4. The summed E-state index contributed by atoms with van der Waals surface area (Å²) in [6.45, 7) is 1.90. The van der Waals surface area contributed by atoms with Crippen molar-refractivity contribution < 1.29 is 5.11 Å². The van der Waals surface area contributed by atoms with Crippen molar-refractivity contribution in [2.75, 3.05) is 18.6 Å².